The van der Waals surface area contributed by atoms with Crippen LogP contribution in [-0.2, 0) is 0 Å². The molecule has 0 spiro atoms. The van der Waals surface area contributed by atoms with Crippen molar-refractivity contribution in [1.82, 2.24) is 9.97 Å². The van der Waals surface area contributed by atoms with Gasteiger partial charge in [-0.2, -0.15) is 4.98 Å². The van der Waals surface area contributed by atoms with Gasteiger partial charge in [0.05, 0.1) is 14.2 Å². The molecule has 118 valence electrons. The van der Waals surface area contributed by atoms with Crippen LogP contribution >= 0.6 is 0 Å². The Balaban J connectivity index is 2.21. The van der Waals surface area contributed by atoms with Crippen molar-refractivity contribution >= 4 is 17.5 Å². The summed E-state index contributed by atoms with van der Waals surface area (Å²) in [7, 11) is 3.23. The maximum absolute atomic E-state index is 5.31. The molecule has 0 saturated heterocycles. The molecule has 1 aromatic carbocycles. The summed E-state index contributed by atoms with van der Waals surface area (Å²) in [5, 5.41) is 6.46. The second-order valence-electron chi connectivity index (χ2n) is 4.84. The van der Waals surface area contributed by atoms with Gasteiger partial charge in [-0.25, -0.2) is 4.98 Å². The first-order valence-electron chi connectivity index (χ1n) is 7.25. The molecule has 0 aliphatic rings. The van der Waals surface area contributed by atoms with Gasteiger partial charge < -0.3 is 20.1 Å². The highest BCUT2D eigenvalue weighted by Gasteiger charge is 2.06. The van der Waals surface area contributed by atoms with Crippen LogP contribution in [0.2, 0.25) is 0 Å². The maximum atomic E-state index is 5.31. The van der Waals surface area contributed by atoms with Crippen molar-refractivity contribution in [3.8, 4) is 11.5 Å². The Hall–Kier alpha value is -2.50. The molecule has 22 heavy (non-hydrogen) atoms. The van der Waals surface area contributed by atoms with E-state index in [9.17, 15) is 0 Å². The molecule has 2 N–H and O–H groups in total. The van der Waals surface area contributed by atoms with Gasteiger partial charge in [-0.1, -0.05) is 6.92 Å². The fraction of sp³-hybridized carbons (Fsp3) is 0.375. The Morgan fingerprint density at radius 3 is 2.50 bits per heavy atom. The van der Waals surface area contributed by atoms with Gasteiger partial charge >= 0.3 is 0 Å². The lowest BCUT2D eigenvalue weighted by atomic mass is 10.2. The predicted octanol–water partition coefficient (Wildman–Crippen LogP) is 3.37. The van der Waals surface area contributed by atoms with Gasteiger partial charge in [0.15, 0.2) is 11.5 Å². The molecule has 1 heterocycles. The molecule has 0 amide bonds. The highest BCUT2D eigenvalue weighted by atomic mass is 16.5. The summed E-state index contributed by atoms with van der Waals surface area (Å²) in [6.07, 6.45) is 1.02. The topological polar surface area (TPSA) is 68.3 Å². The molecule has 6 heteroatoms. The highest BCUT2D eigenvalue weighted by molar-refractivity contribution is 5.62. The molecular formula is C16H22N4O2. The maximum Gasteiger partial charge on any atom is 0.224 e. The first kappa shape index (κ1) is 15.9. The molecule has 0 saturated carbocycles. The van der Waals surface area contributed by atoms with E-state index in [1.807, 2.05) is 31.2 Å². The molecule has 0 aliphatic carbocycles. The minimum absolute atomic E-state index is 0.629. The number of aryl methyl sites for hydroxylation is 1. The van der Waals surface area contributed by atoms with E-state index in [2.05, 4.69) is 27.5 Å². The number of methoxy groups -OCH3 is 2. The molecule has 2 rings (SSSR count). The van der Waals surface area contributed by atoms with E-state index in [4.69, 9.17) is 9.47 Å². The fourth-order valence-corrected chi connectivity index (χ4v) is 2.01. The SMILES string of the molecule is CCCNc1nc(C)cc(Nc2ccc(OC)c(OC)c2)n1. The van der Waals surface area contributed by atoms with E-state index < -0.39 is 0 Å². The van der Waals surface area contributed by atoms with Crippen molar-refractivity contribution in [2.24, 2.45) is 0 Å². The average Bonchev–Trinajstić information content (AvgIpc) is 2.52. The van der Waals surface area contributed by atoms with Crippen LogP contribution in [0.1, 0.15) is 19.0 Å². The van der Waals surface area contributed by atoms with Crippen molar-refractivity contribution in [1.29, 1.82) is 0 Å². The third-order valence-corrected chi connectivity index (χ3v) is 3.04. The van der Waals surface area contributed by atoms with Gasteiger partial charge in [-0.15, -0.1) is 0 Å². The normalized spacial score (nSPS) is 10.2. The average molecular weight is 302 g/mol. The molecule has 0 bridgehead atoms. The molecule has 0 fully saturated rings. The van der Waals surface area contributed by atoms with E-state index in [-0.39, 0.29) is 0 Å². The Morgan fingerprint density at radius 2 is 1.82 bits per heavy atom. The van der Waals surface area contributed by atoms with Crippen LogP contribution in [-0.4, -0.2) is 30.7 Å². The predicted molar refractivity (Wildman–Crippen MR) is 88.4 cm³/mol. The molecule has 0 radical (unpaired) electrons. The van der Waals surface area contributed by atoms with Gasteiger partial charge in [0.2, 0.25) is 5.95 Å². The van der Waals surface area contributed by atoms with Gasteiger partial charge in [-0.05, 0) is 25.5 Å². The smallest absolute Gasteiger partial charge is 0.224 e. The van der Waals surface area contributed by atoms with Crippen LogP contribution in [0.25, 0.3) is 0 Å². The molecule has 0 unspecified atom stereocenters. The van der Waals surface area contributed by atoms with Crippen molar-refractivity contribution in [2.75, 3.05) is 31.4 Å². The van der Waals surface area contributed by atoms with Crippen LogP contribution < -0.4 is 20.1 Å². The summed E-state index contributed by atoms with van der Waals surface area (Å²) in [5.74, 6) is 2.72. The molecule has 6 nitrogen and oxygen atoms in total. The Bertz CT molecular complexity index is 632. The molecular weight excluding hydrogens is 280 g/mol. The number of nitrogens with one attached hydrogen (secondary N) is 2. The lowest BCUT2D eigenvalue weighted by molar-refractivity contribution is 0.355. The quantitative estimate of drug-likeness (QED) is 0.817. The van der Waals surface area contributed by atoms with Crippen molar-refractivity contribution < 1.29 is 9.47 Å². The van der Waals surface area contributed by atoms with Crippen LogP contribution in [0, 0.1) is 6.92 Å². The van der Waals surface area contributed by atoms with E-state index in [1.165, 1.54) is 0 Å². The zero-order valence-corrected chi connectivity index (χ0v) is 13.4. The first-order chi connectivity index (χ1) is 10.7. The van der Waals surface area contributed by atoms with Crippen molar-refractivity contribution in [3.05, 3.63) is 30.0 Å². The second-order valence-corrected chi connectivity index (χ2v) is 4.84. The van der Waals surface area contributed by atoms with Gasteiger partial charge in [0, 0.05) is 30.1 Å². The number of anilines is 3. The molecule has 1 aromatic heterocycles. The molecule has 2 aromatic rings. The number of hydrogen-bond donors (Lipinski definition) is 2. The highest BCUT2D eigenvalue weighted by Crippen LogP contribution is 2.30. The van der Waals surface area contributed by atoms with Crippen LogP contribution in [0.15, 0.2) is 24.3 Å². The first-order valence-corrected chi connectivity index (χ1v) is 7.25. The lowest BCUT2D eigenvalue weighted by Crippen LogP contribution is -2.06. The summed E-state index contributed by atoms with van der Waals surface area (Å²) in [6.45, 7) is 4.89. The number of aromatic nitrogens is 2. The Morgan fingerprint density at radius 1 is 1.05 bits per heavy atom. The Kier molecular flexibility index (Phi) is 5.41. The van der Waals surface area contributed by atoms with Crippen LogP contribution in [0.4, 0.5) is 17.5 Å². The summed E-state index contributed by atoms with van der Waals surface area (Å²) in [5.41, 5.74) is 1.77. The largest absolute Gasteiger partial charge is 0.493 e. The third-order valence-electron chi connectivity index (χ3n) is 3.04. The standard InChI is InChI=1S/C16H22N4O2/c1-5-8-17-16-18-11(2)9-15(20-16)19-12-6-7-13(21-3)14(10-12)22-4/h6-7,9-10H,5,8H2,1-4H3,(H2,17,18,19,20). The lowest BCUT2D eigenvalue weighted by Gasteiger charge is -2.12. The number of rotatable bonds is 7. The van der Waals surface area contributed by atoms with Gasteiger partial charge in [0.25, 0.3) is 0 Å². The van der Waals surface area contributed by atoms with E-state index in [0.29, 0.717) is 17.4 Å². The minimum atomic E-state index is 0.629. The number of hydrogen-bond acceptors (Lipinski definition) is 6. The monoisotopic (exact) mass is 302 g/mol. The summed E-state index contributed by atoms with van der Waals surface area (Å²) in [6, 6.07) is 7.53. The van der Waals surface area contributed by atoms with Crippen molar-refractivity contribution in [3.63, 3.8) is 0 Å². The van der Waals surface area contributed by atoms with E-state index in [0.717, 1.165) is 30.2 Å². The van der Waals surface area contributed by atoms with Crippen molar-refractivity contribution in [2.45, 2.75) is 20.3 Å². The fourth-order valence-electron chi connectivity index (χ4n) is 2.01. The summed E-state index contributed by atoms with van der Waals surface area (Å²) >= 11 is 0. The zero-order chi connectivity index (χ0) is 15.9. The van der Waals surface area contributed by atoms with Gasteiger partial charge in [0.1, 0.15) is 5.82 Å². The third kappa shape index (κ3) is 4.00. The molecule has 0 aliphatic heterocycles. The number of ether oxygens (including phenoxy) is 2. The number of nitrogens with zero attached hydrogens (tertiary/aromatic N) is 2. The minimum Gasteiger partial charge on any atom is -0.493 e. The van der Waals surface area contributed by atoms with Gasteiger partial charge in [-0.3, -0.25) is 0 Å². The number of benzene rings is 1. The van der Waals surface area contributed by atoms with E-state index >= 15 is 0 Å². The van der Waals surface area contributed by atoms with Crippen LogP contribution in [0.5, 0.6) is 11.5 Å². The van der Waals surface area contributed by atoms with Crippen LogP contribution in [0.3, 0.4) is 0 Å². The molecule has 0 atom stereocenters. The van der Waals surface area contributed by atoms with E-state index in [1.54, 1.807) is 14.2 Å². The second kappa shape index (κ2) is 7.49. The Labute approximate surface area is 130 Å². The summed E-state index contributed by atoms with van der Waals surface area (Å²) < 4.78 is 10.5. The summed E-state index contributed by atoms with van der Waals surface area (Å²) in [4.78, 5) is 8.83. The zero-order valence-electron chi connectivity index (χ0n) is 13.4.